The second kappa shape index (κ2) is 5.02. The fourth-order valence-electron chi connectivity index (χ4n) is 3.34. The summed E-state index contributed by atoms with van der Waals surface area (Å²) >= 11 is 0. The second-order valence-electron chi connectivity index (χ2n) is 6.21. The van der Waals surface area contributed by atoms with Crippen LogP contribution in [0.5, 0.6) is 0 Å². The number of hydrogen-bond acceptors (Lipinski definition) is 2. The summed E-state index contributed by atoms with van der Waals surface area (Å²) in [4.78, 5) is 24.7. The molecule has 0 aromatic rings. The van der Waals surface area contributed by atoms with Crippen molar-refractivity contribution in [2.24, 2.45) is 17.8 Å². The number of hydrogen-bond donors (Lipinski definition) is 2. The van der Waals surface area contributed by atoms with Crippen LogP contribution in [0.3, 0.4) is 0 Å². The minimum Gasteiger partial charge on any atom is -0.480 e. The Labute approximate surface area is 113 Å². The van der Waals surface area contributed by atoms with Gasteiger partial charge in [-0.1, -0.05) is 0 Å². The molecule has 3 fully saturated rings. The minimum absolute atomic E-state index is 0.184. The van der Waals surface area contributed by atoms with E-state index in [0.717, 1.165) is 24.8 Å². The Morgan fingerprint density at radius 3 is 2.32 bits per heavy atom. The highest BCUT2D eigenvalue weighted by Crippen LogP contribution is 2.48. The molecule has 106 valence electrons. The smallest absolute Gasteiger partial charge is 0.326 e. The van der Waals surface area contributed by atoms with Crippen LogP contribution in [-0.4, -0.2) is 41.1 Å². The number of likely N-dealkylation sites (tertiary alicyclic amines) is 1. The van der Waals surface area contributed by atoms with Gasteiger partial charge >= 0.3 is 12.0 Å². The molecule has 5 heteroatoms. The SMILES string of the molecule is O=C(O)[C@H]1CCCN1C(=O)NCC(C1CC1)C1CC1. The largest absolute Gasteiger partial charge is 0.480 e. The van der Waals surface area contributed by atoms with E-state index in [1.807, 2.05) is 0 Å². The van der Waals surface area contributed by atoms with E-state index in [2.05, 4.69) is 5.32 Å². The molecule has 2 saturated carbocycles. The van der Waals surface area contributed by atoms with Crippen LogP contribution in [0.4, 0.5) is 4.79 Å². The van der Waals surface area contributed by atoms with Gasteiger partial charge in [-0.05, 0) is 56.3 Å². The molecule has 0 aromatic heterocycles. The first-order chi connectivity index (χ1) is 9.16. The molecule has 0 bridgehead atoms. The van der Waals surface area contributed by atoms with Gasteiger partial charge in [-0.25, -0.2) is 9.59 Å². The summed E-state index contributed by atoms with van der Waals surface area (Å²) in [5.41, 5.74) is 0. The number of aliphatic carboxylic acids is 1. The summed E-state index contributed by atoms with van der Waals surface area (Å²) in [5, 5.41) is 12.1. The van der Waals surface area contributed by atoms with Crippen LogP contribution in [0, 0.1) is 17.8 Å². The quantitative estimate of drug-likeness (QED) is 0.795. The fourth-order valence-corrected chi connectivity index (χ4v) is 3.34. The molecule has 0 spiro atoms. The molecule has 2 N–H and O–H groups in total. The zero-order valence-corrected chi connectivity index (χ0v) is 11.2. The normalized spacial score (nSPS) is 26.8. The van der Waals surface area contributed by atoms with E-state index in [-0.39, 0.29) is 6.03 Å². The van der Waals surface area contributed by atoms with Crippen LogP contribution in [0.2, 0.25) is 0 Å². The number of nitrogens with zero attached hydrogens (tertiary/aromatic N) is 1. The van der Waals surface area contributed by atoms with Crippen LogP contribution >= 0.6 is 0 Å². The lowest BCUT2D eigenvalue weighted by atomic mass is 9.98. The van der Waals surface area contributed by atoms with Crippen molar-refractivity contribution in [1.82, 2.24) is 10.2 Å². The van der Waals surface area contributed by atoms with Crippen LogP contribution < -0.4 is 5.32 Å². The molecule has 19 heavy (non-hydrogen) atoms. The molecule has 2 amide bonds. The standard InChI is InChI=1S/C14H22N2O3/c17-13(18)12-2-1-7-16(12)14(19)15-8-11(9-3-4-9)10-5-6-10/h9-12H,1-8H2,(H,15,19)(H,17,18)/t12-/m1/s1. The van der Waals surface area contributed by atoms with Gasteiger partial charge in [0.1, 0.15) is 6.04 Å². The molecule has 1 heterocycles. The average molecular weight is 266 g/mol. The first-order valence-corrected chi connectivity index (χ1v) is 7.44. The summed E-state index contributed by atoms with van der Waals surface area (Å²) in [6.07, 6.45) is 6.59. The number of carboxylic acids is 1. The summed E-state index contributed by atoms with van der Waals surface area (Å²) in [5.74, 6) is 1.37. The Bertz CT molecular complexity index is 365. The third-order valence-electron chi connectivity index (χ3n) is 4.74. The third kappa shape index (κ3) is 2.85. The van der Waals surface area contributed by atoms with Crippen molar-refractivity contribution in [3.8, 4) is 0 Å². The van der Waals surface area contributed by atoms with Gasteiger partial charge < -0.3 is 15.3 Å². The van der Waals surface area contributed by atoms with Crippen molar-refractivity contribution in [3.05, 3.63) is 0 Å². The predicted octanol–water partition coefficient (Wildman–Crippen LogP) is 1.68. The van der Waals surface area contributed by atoms with E-state index in [0.29, 0.717) is 18.9 Å². The van der Waals surface area contributed by atoms with Crippen molar-refractivity contribution >= 4 is 12.0 Å². The van der Waals surface area contributed by atoms with Crippen molar-refractivity contribution < 1.29 is 14.7 Å². The maximum absolute atomic E-state index is 12.1. The average Bonchev–Trinajstić information content (AvgIpc) is 3.29. The molecule has 1 aliphatic heterocycles. The second-order valence-corrected chi connectivity index (χ2v) is 6.21. The Hall–Kier alpha value is -1.26. The zero-order chi connectivity index (χ0) is 13.4. The summed E-state index contributed by atoms with van der Waals surface area (Å²) < 4.78 is 0. The summed E-state index contributed by atoms with van der Waals surface area (Å²) in [7, 11) is 0. The van der Waals surface area contributed by atoms with Crippen molar-refractivity contribution in [2.45, 2.75) is 44.6 Å². The van der Waals surface area contributed by atoms with E-state index < -0.39 is 12.0 Å². The maximum atomic E-state index is 12.1. The highest BCUT2D eigenvalue weighted by atomic mass is 16.4. The highest BCUT2D eigenvalue weighted by Gasteiger charge is 2.42. The van der Waals surface area contributed by atoms with Gasteiger partial charge in [0.15, 0.2) is 0 Å². The number of nitrogens with one attached hydrogen (secondary N) is 1. The first kappa shape index (κ1) is 12.8. The van der Waals surface area contributed by atoms with E-state index in [1.165, 1.54) is 30.6 Å². The lowest BCUT2D eigenvalue weighted by molar-refractivity contribution is -0.141. The van der Waals surface area contributed by atoms with Crippen molar-refractivity contribution in [2.75, 3.05) is 13.1 Å². The topological polar surface area (TPSA) is 69.6 Å². The third-order valence-corrected chi connectivity index (χ3v) is 4.74. The number of amides is 2. The molecule has 0 radical (unpaired) electrons. The Kier molecular flexibility index (Phi) is 3.37. The van der Waals surface area contributed by atoms with Gasteiger partial charge in [0, 0.05) is 13.1 Å². The molecule has 1 atom stereocenters. The molecular formula is C14H22N2O3. The van der Waals surface area contributed by atoms with Gasteiger partial charge in [0.2, 0.25) is 0 Å². The number of urea groups is 1. The van der Waals surface area contributed by atoms with Gasteiger partial charge in [-0.15, -0.1) is 0 Å². The van der Waals surface area contributed by atoms with Crippen LogP contribution in [0.15, 0.2) is 0 Å². The fraction of sp³-hybridized carbons (Fsp3) is 0.857. The number of carbonyl (C=O) groups is 2. The van der Waals surface area contributed by atoms with Crippen LogP contribution in [0.25, 0.3) is 0 Å². The first-order valence-electron chi connectivity index (χ1n) is 7.44. The maximum Gasteiger partial charge on any atom is 0.326 e. The van der Waals surface area contributed by atoms with Crippen LogP contribution in [-0.2, 0) is 4.79 Å². The lowest BCUT2D eigenvalue weighted by Crippen LogP contribution is -2.47. The Balaban J connectivity index is 1.51. The molecule has 3 aliphatic rings. The van der Waals surface area contributed by atoms with E-state index >= 15 is 0 Å². The minimum atomic E-state index is -0.881. The van der Waals surface area contributed by atoms with Gasteiger partial charge in [-0.3, -0.25) is 0 Å². The molecule has 5 nitrogen and oxygen atoms in total. The summed E-state index contributed by atoms with van der Waals surface area (Å²) in [6.45, 7) is 1.30. The highest BCUT2D eigenvalue weighted by molar-refractivity contribution is 5.83. The Morgan fingerprint density at radius 2 is 1.79 bits per heavy atom. The van der Waals surface area contributed by atoms with E-state index in [9.17, 15) is 9.59 Å². The molecule has 3 rings (SSSR count). The monoisotopic (exact) mass is 266 g/mol. The number of rotatable bonds is 5. The summed E-state index contributed by atoms with van der Waals surface area (Å²) in [6, 6.07) is -0.809. The molecule has 1 saturated heterocycles. The number of carbonyl (C=O) groups excluding carboxylic acids is 1. The van der Waals surface area contributed by atoms with Crippen molar-refractivity contribution in [3.63, 3.8) is 0 Å². The predicted molar refractivity (Wildman–Crippen MR) is 69.7 cm³/mol. The molecule has 2 aliphatic carbocycles. The number of carboxylic acid groups (broad SMARTS) is 1. The Morgan fingerprint density at radius 1 is 1.16 bits per heavy atom. The van der Waals surface area contributed by atoms with Crippen molar-refractivity contribution in [1.29, 1.82) is 0 Å². The molecule has 0 aromatic carbocycles. The molecular weight excluding hydrogens is 244 g/mol. The zero-order valence-electron chi connectivity index (χ0n) is 11.2. The van der Waals surface area contributed by atoms with Crippen LogP contribution in [0.1, 0.15) is 38.5 Å². The van der Waals surface area contributed by atoms with Gasteiger partial charge in [-0.2, -0.15) is 0 Å². The van der Waals surface area contributed by atoms with Gasteiger partial charge in [0.25, 0.3) is 0 Å². The molecule has 0 unspecified atom stereocenters. The van der Waals surface area contributed by atoms with E-state index in [4.69, 9.17) is 5.11 Å². The lowest BCUT2D eigenvalue weighted by Gasteiger charge is -2.24. The van der Waals surface area contributed by atoms with Gasteiger partial charge in [0.05, 0.1) is 0 Å². The van der Waals surface area contributed by atoms with E-state index in [1.54, 1.807) is 0 Å².